The Kier molecular flexibility index (Phi) is 5.82. The van der Waals surface area contributed by atoms with Crippen molar-refractivity contribution < 1.29 is 0 Å². The fourth-order valence-corrected chi connectivity index (χ4v) is 1.06. The molecule has 38 valence electrons. The van der Waals surface area contributed by atoms with Crippen LogP contribution in [0.2, 0.25) is 0 Å². The highest BCUT2D eigenvalue weighted by Crippen LogP contribution is 2.07. The maximum Gasteiger partial charge on any atom is -0.0356 e. The minimum absolute atomic E-state index is 1.21. The smallest absolute Gasteiger partial charge is 0.0356 e. The maximum atomic E-state index is 2.24. The minimum Gasteiger partial charge on any atom is -0.122 e. The molecule has 0 aliphatic carbocycles. The maximum absolute atomic E-state index is 2.24. The average Bonchev–Trinajstić information content (AvgIpc) is 1.61. The molecule has 0 nitrogen and oxygen atoms in total. The molecular formula is C5H13P. The Labute approximate surface area is 42.1 Å². The molecule has 0 bridgehead atoms. The lowest BCUT2D eigenvalue weighted by molar-refractivity contribution is 1.10. The predicted molar refractivity (Wildman–Crippen MR) is 34.0 cm³/mol. The van der Waals surface area contributed by atoms with Gasteiger partial charge in [0.25, 0.3) is 0 Å². The first kappa shape index (κ1) is 6.43. The van der Waals surface area contributed by atoms with E-state index in [0.29, 0.717) is 0 Å². The lowest BCUT2D eigenvalue weighted by Gasteiger charge is -1.87. The molecule has 0 aliphatic rings. The first-order valence-corrected chi connectivity index (χ1v) is 4.04. The molecule has 0 saturated carbocycles. The van der Waals surface area contributed by atoms with E-state index in [2.05, 4.69) is 13.8 Å². The van der Waals surface area contributed by atoms with E-state index in [0.717, 1.165) is 0 Å². The molecule has 0 amide bonds. The summed E-state index contributed by atoms with van der Waals surface area (Å²) < 4.78 is 0. The van der Waals surface area contributed by atoms with Crippen molar-refractivity contribution >= 4 is 8.58 Å². The van der Waals surface area contributed by atoms with Crippen molar-refractivity contribution in [2.24, 2.45) is 0 Å². The van der Waals surface area contributed by atoms with Crippen molar-refractivity contribution in [1.29, 1.82) is 0 Å². The van der Waals surface area contributed by atoms with Crippen LogP contribution in [-0.4, -0.2) is 12.3 Å². The molecule has 6 heavy (non-hydrogen) atoms. The van der Waals surface area contributed by atoms with E-state index in [1.54, 1.807) is 0 Å². The molecule has 0 aromatic heterocycles. The van der Waals surface area contributed by atoms with Crippen LogP contribution in [0.3, 0.4) is 0 Å². The van der Waals surface area contributed by atoms with E-state index in [4.69, 9.17) is 0 Å². The van der Waals surface area contributed by atoms with Crippen LogP contribution in [0.25, 0.3) is 0 Å². The Balaban J connectivity index is 2.34. The van der Waals surface area contributed by atoms with Gasteiger partial charge in [0.05, 0.1) is 0 Å². The summed E-state index contributed by atoms with van der Waals surface area (Å²) in [5.74, 6) is 0. The Morgan fingerprint density at radius 3 is 2.17 bits per heavy atom. The van der Waals surface area contributed by atoms with Crippen LogP contribution in [0.15, 0.2) is 0 Å². The second kappa shape index (κ2) is 5.43. The van der Waals surface area contributed by atoms with Crippen molar-refractivity contribution in [2.45, 2.75) is 20.3 Å². The van der Waals surface area contributed by atoms with E-state index < -0.39 is 0 Å². The predicted octanol–water partition coefficient (Wildman–Crippen LogP) is 2.09. The average molecular weight is 104 g/mol. The van der Waals surface area contributed by atoms with Gasteiger partial charge in [-0.05, 0) is 12.3 Å². The zero-order valence-corrected chi connectivity index (χ0v) is 5.62. The Morgan fingerprint density at radius 1 is 1.33 bits per heavy atom. The van der Waals surface area contributed by atoms with E-state index in [9.17, 15) is 0 Å². The van der Waals surface area contributed by atoms with E-state index in [1.807, 2.05) is 0 Å². The Hall–Kier alpha value is 0.430. The largest absolute Gasteiger partial charge is 0.122 e. The lowest BCUT2D eigenvalue weighted by atomic mass is 10.6. The summed E-state index contributed by atoms with van der Waals surface area (Å²) in [6.45, 7) is 4.48. The van der Waals surface area contributed by atoms with Gasteiger partial charge in [-0.2, -0.15) is 0 Å². The molecule has 0 fully saturated rings. The molecule has 1 atom stereocenters. The van der Waals surface area contributed by atoms with Gasteiger partial charge in [-0.15, -0.1) is 8.58 Å². The van der Waals surface area contributed by atoms with Gasteiger partial charge in [0.1, 0.15) is 0 Å². The van der Waals surface area contributed by atoms with Crippen LogP contribution in [0, 0.1) is 0 Å². The molecule has 1 unspecified atom stereocenters. The fraction of sp³-hybridized carbons (Fsp3) is 1.00. The van der Waals surface area contributed by atoms with E-state index >= 15 is 0 Å². The van der Waals surface area contributed by atoms with Gasteiger partial charge in [0, 0.05) is 0 Å². The standard InChI is InChI=1S/C5H13P/c1-3-5-6-4-2/h6H,3-5H2,1-2H3. The highest BCUT2D eigenvalue weighted by atomic mass is 31.1. The number of hydrogen-bond acceptors (Lipinski definition) is 0. The molecule has 1 heteroatoms. The molecule has 0 heterocycles. The van der Waals surface area contributed by atoms with Crippen LogP contribution >= 0.6 is 8.58 Å². The third kappa shape index (κ3) is 4.43. The normalized spacial score (nSPS) is 11.0. The molecule has 0 radical (unpaired) electrons. The summed E-state index contributed by atoms with van der Waals surface area (Å²) in [5.41, 5.74) is 0. The van der Waals surface area contributed by atoms with Crippen LogP contribution < -0.4 is 0 Å². The van der Waals surface area contributed by atoms with Gasteiger partial charge in [-0.3, -0.25) is 0 Å². The highest BCUT2D eigenvalue weighted by Gasteiger charge is 1.74. The van der Waals surface area contributed by atoms with Crippen LogP contribution in [0.1, 0.15) is 20.3 Å². The van der Waals surface area contributed by atoms with Gasteiger partial charge >= 0.3 is 0 Å². The molecule has 0 aromatic carbocycles. The molecule has 0 aromatic rings. The first-order valence-electron chi connectivity index (χ1n) is 2.62. The zero-order valence-electron chi connectivity index (χ0n) is 4.62. The minimum atomic E-state index is 1.21. The number of hydrogen-bond donors (Lipinski definition) is 0. The monoisotopic (exact) mass is 104 g/mol. The Bertz CT molecular complexity index is 15.9. The van der Waals surface area contributed by atoms with Crippen LogP contribution in [0.5, 0.6) is 0 Å². The molecule has 0 saturated heterocycles. The third-order valence-electron chi connectivity index (χ3n) is 0.677. The molecule has 0 rings (SSSR count). The molecule has 0 aliphatic heterocycles. The summed E-state index contributed by atoms with van der Waals surface area (Å²) in [6, 6.07) is 0. The first-order chi connectivity index (χ1) is 2.91. The second-order valence-corrected chi connectivity index (χ2v) is 3.06. The summed E-state index contributed by atoms with van der Waals surface area (Å²) in [4.78, 5) is 0. The topological polar surface area (TPSA) is 0 Å². The van der Waals surface area contributed by atoms with Crippen molar-refractivity contribution in [1.82, 2.24) is 0 Å². The summed E-state index contributed by atoms with van der Waals surface area (Å²) >= 11 is 0. The summed E-state index contributed by atoms with van der Waals surface area (Å²) in [7, 11) is 1.21. The van der Waals surface area contributed by atoms with Crippen molar-refractivity contribution in [2.75, 3.05) is 12.3 Å². The molecule has 0 N–H and O–H groups in total. The van der Waals surface area contributed by atoms with E-state index in [1.165, 1.54) is 27.3 Å². The lowest BCUT2D eigenvalue weighted by Crippen LogP contribution is -1.68. The van der Waals surface area contributed by atoms with Gasteiger partial charge in [-0.25, -0.2) is 0 Å². The fourth-order valence-electron chi connectivity index (χ4n) is 0.354. The molecule has 0 spiro atoms. The zero-order chi connectivity index (χ0) is 4.83. The van der Waals surface area contributed by atoms with Crippen LogP contribution in [-0.2, 0) is 0 Å². The second-order valence-electron chi connectivity index (χ2n) is 1.35. The summed E-state index contributed by atoms with van der Waals surface area (Å²) in [5, 5.41) is 0. The van der Waals surface area contributed by atoms with Crippen molar-refractivity contribution in [3.63, 3.8) is 0 Å². The third-order valence-corrected chi connectivity index (χ3v) is 2.03. The Morgan fingerprint density at radius 2 is 2.00 bits per heavy atom. The summed E-state index contributed by atoms with van der Waals surface area (Å²) in [6.07, 6.45) is 4.19. The number of rotatable bonds is 3. The van der Waals surface area contributed by atoms with Gasteiger partial charge in [0.2, 0.25) is 0 Å². The van der Waals surface area contributed by atoms with Gasteiger partial charge < -0.3 is 0 Å². The molecular weight excluding hydrogens is 91.0 g/mol. The van der Waals surface area contributed by atoms with E-state index in [-0.39, 0.29) is 0 Å². The van der Waals surface area contributed by atoms with Gasteiger partial charge in [-0.1, -0.05) is 20.3 Å². The SMILES string of the molecule is CCCPCC. The van der Waals surface area contributed by atoms with Crippen LogP contribution in [0.4, 0.5) is 0 Å². The van der Waals surface area contributed by atoms with Crippen molar-refractivity contribution in [3.05, 3.63) is 0 Å². The quantitative estimate of drug-likeness (QED) is 0.380. The van der Waals surface area contributed by atoms with Gasteiger partial charge in [0.15, 0.2) is 0 Å². The van der Waals surface area contributed by atoms with Crippen molar-refractivity contribution in [3.8, 4) is 0 Å². The highest BCUT2D eigenvalue weighted by molar-refractivity contribution is 7.37.